The second kappa shape index (κ2) is 6.32. The maximum atomic E-state index is 12.4. The zero-order valence-corrected chi connectivity index (χ0v) is 13.7. The van der Waals surface area contributed by atoms with Gasteiger partial charge in [-0.15, -0.1) is 0 Å². The van der Waals surface area contributed by atoms with Crippen LogP contribution in [-0.4, -0.2) is 19.0 Å². The smallest absolute Gasteiger partial charge is 0.243 e. The highest BCUT2D eigenvalue weighted by atomic mass is 16.2. The molecule has 1 heterocycles. The number of aryl methyl sites for hydroxylation is 2. The van der Waals surface area contributed by atoms with E-state index in [0.29, 0.717) is 6.54 Å². The Morgan fingerprint density at radius 2 is 2.04 bits per heavy atom. The third-order valence-corrected chi connectivity index (χ3v) is 4.51. The fourth-order valence-corrected chi connectivity index (χ4v) is 3.09. The molecule has 0 atom stereocenters. The lowest BCUT2D eigenvalue weighted by molar-refractivity contribution is -0.115. The minimum atomic E-state index is 0.00327. The summed E-state index contributed by atoms with van der Waals surface area (Å²) in [6.07, 6.45) is 2.01. The van der Waals surface area contributed by atoms with Crippen LogP contribution in [-0.2, 0) is 11.2 Å². The van der Waals surface area contributed by atoms with Crippen LogP contribution < -0.4 is 16.0 Å². The number of benzene rings is 2. The molecule has 2 aromatic carbocycles. The van der Waals surface area contributed by atoms with E-state index >= 15 is 0 Å². The first-order valence-electron chi connectivity index (χ1n) is 8.04. The standard InChI is InChI=1S/C19H23N3O/c1-13-8-9-15(11-14(13)2)21-19(23)12-22-10-4-5-16-17(20)6-3-7-18(16)22/h3,6-9,11H,4-5,10,12,20H2,1-2H3,(H,21,23). The molecule has 0 aliphatic carbocycles. The number of rotatable bonds is 3. The number of carbonyl (C=O) groups excluding carboxylic acids is 1. The highest BCUT2D eigenvalue weighted by Gasteiger charge is 2.20. The van der Waals surface area contributed by atoms with Crippen LogP contribution in [0, 0.1) is 13.8 Å². The predicted octanol–water partition coefficient (Wildman–Crippen LogP) is 3.28. The molecule has 0 radical (unpaired) electrons. The van der Waals surface area contributed by atoms with Crippen LogP contribution in [0.1, 0.15) is 23.1 Å². The van der Waals surface area contributed by atoms with E-state index in [-0.39, 0.29) is 5.91 Å². The fraction of sp³-hybridized carbons (Fsp3) is 0.316. The number of nitrogens with one attached hydrogen (secondary N) is 1. The molecule has 3 N–H and O–H groups in total. The number of hydrogen-bond donors (Lipinski definition) is 2. The summed E-state index contributed by atoms with van der Waals surface area (Å²) in [7, 11) is 0. The molecule has 1 amide bonds. The van der Waals surface area contributed by atoms with Gasteiger partial charge >= 0.3 is 0 Å². The summed E-state index contributed by atoms with van der Waals surface area (Å²) in [5.74, 6) is 0.00327. The van der Waals surface area contributed by atoms with E-state index in [2.05, 4.69) is 24.1 Å². The number of nitrogens with zero attached hydrogens (tertiary/aromatic N) is 1. The van der Waals surface area contributed by atoms with Gasteiger partial charge in [-0.25, -0.2) is 0 Å². The molecular weight excluding hydrogens is 286 g/mol. The van der Waals surface area contributed by atoms with Crippen molar-refractivity contribution in [2.24, 2.45) is 0 Å². The molecule has 4 heteroatoms. The van der Waals surface area contributed by atoms with Crippen LogP contribution in [0.5, 0.6) is 0 Å². The molecule has 0 spiro atoms. The Balaban J connectivity index is 1.72. The van der Waals surface area contributed by atoms with Crippen LogP contribution in [0.25, 0.3) is 0 Å². The van der Waals surface area contributed by atoms with Crippen LogP contribution in [0.3, 0.4) is 0 Å². The summed E-state index contributed by atoms with van der Waals surface area (Å²) in [4.78, 5) is 14.5. The Morgan fingerprint density at radius 3 is 2.83 bits per heavy atom. The molecule has 0 unspecified atom stereocenters. The monoisotopic (exact) mass is 309 g/mol. The van der Waals surface area contributed by atoms with E-state index in [4.69, 9.17) is 5.73 Å². The first-order valence-corrected chi connectivity index (χ1v) is 8.04. The Labute approximate surface area is 137 Å². The van der Waals surface area contributed by atoms with Crippen molar-refractivity contribution in [3.05, 3.63) is 53.1 Å². The molecule has 1 aliphatic heterocycles. The molecule has 4 nitrogen and oxygen atoms in total. The Kier molecular flexibility index (Phi) is 4.24. The van der Waals surface area contributed by atoms with E-state index in [9.17, 15) is 4.79 Å². The minimum absolute atomic E-state index is 0.00327. The second-order valence-electron chi connectivity index (χ2n) is 6.22. The molecule has 0 saturated heterocycles. The molecule has 0 saturated carbocycles. The summed E-state index contributed by atoms with van der Waals surface area (Å²) in [5, 5.41) is 2.99. The molecule has 3 rings (SSSR count). The quantitative estimate of drug-likeness (QED) is 0.856. The van der Waals surface area contributed by atoms with Gasteiger partial charge in [0.15, 0.2) is 0 Å². The SMILES string of the molecule is Cc1ccc(NC(=O)CN2CCCc3c(N)cccc32)cc1C. The summed E-state index contributed by atoms with van der Waals surface area (Å²) in [5.41, 5.74) is 12.4. The van der Waals surface area contributed by atoms with Gasteiger partial charge in [0.2, 0.25) is 5.91 Å². The van der Waals surface area contributed by atoms with Gasteiger partial charge in [-0.1, -0.05) is 12.1 Å². The largest absolute Gasteiger partial charge is 0.398 e. The van der Waals surface area contributed by atoms with Crippen molar-refractivity contribution >= 4 is 23.0 Å². The maximum absolute atomic E-state index is 12.4. The maximum Gasteiger partial charge on any atom is 0.243 e. The van der Waals surface area contributed by atoms with Crippen molar-refractivity contribution < 1.29 is 4.79 Å². The van der Waals surface area contributed by atoms with Gasteiger partial charge < -0.3 is 16.0 Å². The van der Waals surface area contributed by atoms with Gasteiger partial charge in [0, 0.05) is 23.6 Å². The van der Waals surface area contributed by atoms with E-state index in [1.165, 1.54) is 11.1 Å². The number of amides is 1. The average molecular weight is 309 g/mol. The molecule has 0 fully saturated rings. The van der Waals surface area contributed by atoms with Crippen molar-refractivity contribution in [1.29, 1.82) is 0 Å². The van der Waals surface area contributed by atoms with E-state index < -0.39 is 0 Å². The second-order valence-corrected chi connectivity index (χ2v) is 6.22. The minimum Gasteiger partial charge on any atom is -0.398 e. The van der Waals surface area contributed by atoms with Crippen molar-refractivity contribution in [2.45, 2.75) is 26.7 Å². The number of nitrogens with two attached hydrogens (primary N) is 1. The highest BCUT2D eigenvalue weighted by molar-refractivity contribution is 5.94. The van der Waals surface area contributed by atoms with Crippen molar-refractivity contribution in [2.75, 3.05) is 29.0 Å². The van der Waals surface area contributed by atoms with E-state index in [1.54, 1.807) is 0 Å². The predicted molar refractivity (Wildman–Crippen MR) is 95.9 cm³/mol. The number of fused-ring (bicyclic) bond motifs is 1. The van der Waals surface area contributed by atoms with Gasteiger partial charge in [-0.2, -0.15) is 0 Å². The van der Waals surface area contributed by atoms with Crippen LogP contribution in [0.2, 0.25) is 0 Å². The molecule has 23 heavy (non-hydrogen) atoms. The average Bonchev–Trinajstić information content (AvgIpc) is 2.52. The van der Waals surface area contributed by atoms with E-state index in [1.807, 2.05) is 36.4 Å². The molecule has 1 aliphatic rings. The van der Waals surface area contributed by atoms with Crippen molar-refractivity contribution in [3.8, 4) is 0 Å². The first kappa shape index (κ1) is 15.4. The lowest BCUT2D eigenvalue weighted by Gasteiger charge is -2.31. The number of nitrogen functional groups attached to an aromatic ring is 1. The zero-order chi connectivity index (χ0) is 16.4. The lowest BCUT2D eigenvalue weighted by Crippen LogP contribution is -2.37. The van der Waals surface area contributed by atoms with Crippen LogP contribution >= 0.6 is 0 Å². The third-order valence-electron chi connectivity index (χ3n) is 4.51. The van der Waals surface area contributed by atoms with Crippen molar-refractivity contribution in [3.63, 3.8) is 0 Å². The third kappa shape index (κ3) is 3.31. The van der Waals surface area contributed by atoms with Gasteiger partial charge in [-0.3, -0.25) is 4.79 Å². The van der Waals surface area contributed by atoms with Crippen LogP contribution in [0.4, 0.5) is 17.1 Å². The molecule has 0 bridgehead atoms. The zero-order valence-electron chi connectivity index (χ0n) is 13.7. The van der Waals surface area contributed by atoms with Crippen molar-refractivity contribution in [1.82, 2.24) is 0 Å². The summed E-state index contributed by atoms with van der Waals surface area (Å²) in [6, 6.07) is 11.9. The summed E-state index contributed by atoms with van der Waals surface area (Å²) >= 11 is 0. The van der Waals surface area contributed by atoms with Gasteiger partial charge in [0.05, 0.1) is 6.54 Å². The molecular formula is C19H23N3O. The molecule has 120 valence electrons. The fourth-order valence-electron chi connectivity index (χ4n) is 3.09. The lowest BCUT2D eigenvalue weighted by atomic mass is 10.00. The number of hydrogen-bond acceptors (Lipinski definition) is 3. The highest BCUT2D eigenvalue weighted by Crippen LogP contribution is 2.31. The Bertz CT molecular complexity index is 739. The summed E-state index contributed by atoms with van der Waals surface area (Å²) in [6.45, 7) is 5.35. The summed E-state index contributed by atoms with van der Waals surface area (Å²) < 4.78 is 0. The number of carbonyl (C=O) groups is 1. The molecule has 2 aromatic rings. The van der Waals surface area contributed by atoms with Crippen LogP contribution in [0.15, 0.2) is 36.4 Å². The molecule has 0 aromatic heterocycles. The number of anilines is 3. The van der Waals surface area contributed by atoms with E-state index in [0.717, 1.165) is 42.0 Å². The Morgan fingerprint density at radius 1 is 1.22 bits per heavy atom. The first-order chi connectivity index (χ1) is 11.0. The normalized spacial score (nSPS) is 13.6. The Hall–Kier alpha value is -2.49. The van der Waals surface area contributed by atoms with Gasteiger partial charge in [-0.05, 0) is 67.6 Å². The topological polar surface area (TPSA) is 58.4 Å². The van der Waals surface area contributed by atoms with Gasteiger partial charge in [0.1, 0.15) is 0 Å². The van der Waals surface area contributed by atoms with Gasteiger partial charge in [0.25, 0.3) is 0 Å².